The van der Waals surface area contributed by atoms with Crippen LogP contribution < -0.4 is 14.4 Å². The summed E-state index contributed by atoms with van der Waals surface area (Å²) in [4.78, 5) is 0. The number of ether oxygens (including phenoxy) is 1. The van der Waals surface area contributed by atoms with Gasteiger partial charge in [-0.05, 0) is 0 Å². The predicted molar refractivity (Wildman–Crippen MR) is 63.1 cm³/mol. The Bertz CT molecular complexity index is 334. The van der Waals surface area contributed by atoms with Crippen LogP contribution in [0.4, 0.5) is 0 Å². The van der Waals surface area contributed by atoms with Crippen molar-refractivity contribution in [2.24, 2.45) is 0 Å². The van der Waals surface area contributed by atoms with Crippen molar-refractivity contribution in [3.05, 3.63) is 23.8 Å². The van der Waals surface area contributed by atoms with Crippen LogP contribution in [0, 0.1) is 6.92 Å². The van der Waals surface area contributed by atoms with E-state index in [4.69, 9.17) is 4.74 Å². The van der Waals surface area contributed by atoms with E-state index in [1.807, 2.05) is 0 Å². The fourth-order valence-electron chi connectivity index (χ4n) is 1.82. The first-order valence-electron chi connectivity index (χ1n) is 5.43. The Morgan fingerprint density at radius 1 is 1.33 bits per heavy atom. The average Bonchev–Trinajstić information content (AvgIpc) is 2.26. The van der Waals surface area contributed by atoms with Gasteiger partial charge in [0.05, 0.1) is 0 Å². The second kappa shape index (κ2) is 5.05. The van der Waals surface area contributed by atoms with E-state index in [0.717, 1.165) is 31.7 Å². The van der Waals surface area contributed by atoms with E-state index in [2.05, 4.69) is 47.3 Å². The Hall–Kier alpha value is -0.462. The SMILES string of the molecule is Cc1cccc(OC2CCNCC2)c1[As]. The van der Waals surface area contributed by atoms with Gasteiger partial charge in [-0.3, -0.25) is 0 Å². The van der Waals surface area contributed by atoms with Crippen LogP contribution in [0.1, 0.15) is 18.4 Å². The Balaban J connectivity index is 2.06. The molecule has 0 aromatic heterocycles. The molecule has 0 saturated carbocycles. The number of hydrogen-bond acceptors (Lipinski definition) is 2. The predicted octanol–water partition coefficient (Wildman–Crippen LogP) is 0.920. The fraction of sp³-hybridized carbons (Fsp3) is 0.500. The molecular formula is C12H16AsNO. The molecule has 1 aliphatic rings. The molecule has 3 heteroatoms. The molecule has 0 spiro atoms. The van der Waals surface area contributed by atoms with Crippen molar-refractivity contribution in [1.29, 1.82) is 0 Å². The van der Waals surface area contributed by atoms with Gasteiger partial charge in [0, 0.05) is 0 Å². The summed E-state index contributed by atoms with van der Waals surface area (Å²) in [5.74, 6) is 1.03. The van der Waals surface area contributed by atoms with Gasteiger partial charge in [-0.1, -0.05) is 0 Å². The van der Waals surface area contributed by atoms with Crippen LogP contribution in [0.25, 0.3) is 0 Å². The summed E-state index contributed by atoms with van der Waals surface area (Å²) < 4.78 is 7.22. The Kier molecular flexibility index (Phi) is 3.71. The van der Waals surface area contributed by atoms with Crippen LogP contribution in [0.2, 0.25) is 0 Å². The molecule has 0 amide bonds. The number of hydrogen-bond donors (Lipinski definition) is 1. The van der Waals surface area contributed by atoms with Crippen LogP contribution >= 0.6 is 0 Å². The van der Waals surface area contributed by atoms with Crippen LogP contribution in [-0.4, -0.2) is 36.0 Å². The summed E-state index contributed by atoms with van der Waals surface area (Å²) in [5.41, 5.74) is 1.28. The molecular weight excluding hydrogens is 249 g/mol. The Morgan fingerprint density at radius 2 is 2.07 bits per heavy atom. The molecule has 1 saturated heterocycles. The molecule has 1 aromatic rings. The molecule has 0 bridgehead atoms. The quantitative estimate of drug-likeness (QED) is 0.803. The number of rotatable bonds is 2. The molecule has 0 unspecified atom stereocenters. The van der Waals surface area contributed by atoms with E-state index >= 15 is 0 Å². The molecule has 1 aromatic carbocycles. The summed E-state index contributed by atoms with van der Waals surface area (Å²) in [5, 5.41) is 3.34. The summed E-state index contributed by atoms with van der Waals surface area (Å²) in [6.45, 7) is 4.26. The van der Waals surface area contributed by atoms with Crippen LogP contribution in [0.5, 0.6) is 5.75 Å². The van der Waals surface area contributed by atoms with Crippen molar-refractivity contribution < 1.29 is 4.74 Å². The zero-order valence-electron chi connectivity index (χ0n) is 8.99. The third kappa shape index (κ3) is 2.76. The van der Waals surface area contributed by atoms with Gasteiger partial charge >= 0.3 is 99.7 Å². The van der Waals surface area contributed by atoms with Crippen molar-refractivity contribution in [1.82, 2.24) is 5.32 Å². The maximum atomic E-state index is 6.01. The number of aryl methyl sites for hydroxylation is 1. The van der Waals surface area contributed by atoms with Crippen LogP contribution in [0.15, 0.2) is 18.2 Å². The fourth-order valence-corrected chi connectivity index (χ4v) is 2.24. The molecule has 1 heterocycles. The summed E-state index contributed by atoms with van der Waals surface area (Å²) in [6.07, 6.45) is 2.61. The molecule has 1 N–H and O–H groups in total. The van der Waals surface area contributed by atoms with Crippen molar-refractivity contribution in [3.8, 4) is 5.75 Å². The second-order valence-electron chi connectivity index (χ2n) is 3.99. The van der Waals surface area contributed by atoms with Crippen molar-refractivity contribution in [3.63, 3.8) is 0 Å². The van der Waals surface area contributed by atoms with E-state index in [1.165, 1.54) is 9.91 Å². The first kappa shape index (κ1) is 11.0. The minimum atomic E-state index is 0.385. The minimum absolute atomic E-state index is 0.385. The maximum absolute atomic E-state index is 6.01. The molecule has 0 atom stereocenters. The van der Waals surface area contributed by atoms with Crippen molar-refractivity contribution >= 4 is 21.2 Å². The summed E-state index contributed by atoms with van der Waals surface area (Å²) in [6, 6.07) is 6.23. The van der Waals surface area contributed by atoms with E-state index < -0.39 is 0 Å². The Morgan fingerprint density at radius 3 is 2.80 bits per heavy atom. The standard InChI is InChI=1S/C12H16AsNO/c1-9-3-2-4-11(12(9)13)15-10-5-7-14-8-6-10/h2-4,10,14H,5-8H2,1H3. The van der Waals surface area contributed by atoms with Gasteiger partial charge < -0.3 is 0 Å². The number of benzene rings is 1. The van der Waals surface area contributed by atoms with Gasteiger partial charge in [0.25, 0.3) is 0 Å². The van der Waals surface area contributed by atoms with Gasteiger partial charge in [-0.15, -0.1) is 0 Å². The monoisotopic (exact) mass is 265 g/mol. The molecule has 15 heavy (non-hydrogen) atoms. The van der Waals surface area contributed by atoms with E-state index in [0.29, 0.717) is 6.10 Å². The van der Waals surface area contributed by atoms with E-state index in [1.54, 1.807) is 0 Å². The first-order valence-corrected chi connectivity index (χ1v) is 6.37. The van der Waals surface area contributed by atoms with Crippen molar-refractivity contribution in [2.45, 2.75) is 25.9 Å². The molecule has 2 nitrogen and oxygen atoms in total. The Labute approximate surface area is 99.9 Å². The zero-order chi connectivity index (χ0) is 10.7. The van der Waals surface area contributed by atoms with Gasteiger partial charge in [0.15, 0.2) is 0 Å². The first-order chi connectivity index (χ1) is 7.27. The van der Waals surface area contributed by atoms with Crippen LogP contribution in [-0.2, 0) is 0 Å². The van der Waals surface area contributed by atoms with Gasteiger partial charge in [-0.2, -0.15) is 0 Å². The molecule has 2 rings (SSSR count). The van der Waals surface area contributed by atoms with Gasteiger partial charge in [0.1, 0.15) is 0 Å². The molecule has 80 valence electrons. The summed E-state index contributed by atoms with van der Waals surface area (Å²) in [7, 11) is 0. The second-order valence-corrected chi connectivity index (χ2v) is 4.93. The molecule has 2 radical (unpaired) electrons. The third-order valence-corrected chi connectivity index (χ3v) is 3.98. The molecule has 1 fully saturated rings. The molecule has 0 aliphatic carbocycles. The van der Waals surface area contributed by atoms with Crippen molar-refractivity contribution in [2.75, 3.05) is 13.1 Å². The number of piperidine rings is 1. The molecule has 1 aliphatic heterocycles. The third-order valence-electron chi connectivity index (χ3n) is 2.78. The van der Waals surface area contributed by atoms with E-state index in [-0.39, 0.29) is 0 Å². The zero-order valence-corrected chi connectivity index (χ0v) is 10.9. The summed E-state index contributed by atoms with van der Waals surface area (Å²) >= 11 is 2.61. The van der Waals surface area contributed by atoms with E-state index in [9.17, 15) is 0 Å². The van der Waals surface area contributed by atoms with Gasteiger partial charge in [-0.25, -0.2) is 0 Å². The normalized spacial score (nSPS) is 17.7. The number of nitrogens with one attached hydrogen (secondary N) is 1. The van der Waals surface area contributed by atoms with Gasteiger partial charge in [0.2, 0.25) is 0 Å². The topological polar surface area (TPSA) is 21.3 Å². The average molecular weight is 265 g/mol. The van der Waals surface area contributed by atoms with Crippen LogP contribution in [0.3, 0.4) is 0 Å².